The Morgan fingerprint density at radius 2 is 1.94 bits per heavy atom. The van der Waals surface area contributed by atoms with Gasteiger partial charge in [0.15, 0.2) is 5.65 Å². The molecule has 1 amide bonds. The van der Waals surface area contributed by atoms with Crippen LogP contribution in [0.1, 0.15) is 5.56 Å². The van der Waals surface area contributed by atoms with E-state index in [0.717, 1.165) is 55.3 Å². The lowest BCUT2D eigenvalue weighted by molar-refractivity contribution is -0.126. The maximum atomic E-state index is 11.9. The first-order chi connectivity index (χ1) is 17.0. The summed E-state index contributed by atoms with van der Waals surface area (Å²) in [4.78, 5) is 29.4. The number of benzene rings is 1. The monoisotopic (exact) mass is 489 g/mol. The number of pyridine rings is 1. The van der Waals surface area contributed by atoms with Crippen molar-refractivity contribution < 1.29 is 4.79 Å². The van der Waals surface area contributed by atoms with Gasteiger partial charge >= 0.3 is 0 Å². The number of halogens is 1. The van der Waals surface area contributed by atoms with Gasteiger partial charge in [-0.15, -0.1) is 0 Å². The number of nitrogens with one attached hydrogen (secondary N) is 2. The van der Waals surface area contributed by atoms with Crippen molar-refractivity contribution in [1.82, 2.24) is 24.8 Å². The van der Waals surface area contributed by atoms with Crippen LogP contribution < -0.4 is 11.1 Å². The summed E-state index contributed by atoms with van der Waals surface area (Å²) in [6.07, 6.45) is 5.97. The van der Waals surface area contributed by atoms with Crippen molar-refractivity contribution in [1.29, 1.82) is 0 Å². The average molecular weight is 490 g/mol. The summed E-state index contributed by atoms with van der Waals surface area (Å²) in [6, 6.07) is 8.58. The van der Waals surface area contributed by atoms with E-state index in [1.54, 1.807) is 6.20 Å². The predicted octanol–water partition coefficient (Wildman–Crippen LogP) is 2.72. The molecule has 3 heterocycles. The van der Waals surface area contributed by atoms with E-state index in [1.807, 2.05) is 0 Å². The standard InChI is InChI=1S/C26H28ClN7O/c1-33-8-10-34(11-9-33)13-14-2-4-15(5-3-14)24-30-22-21(18(27)12-29-25(22)31-24)32-26-16-6-7-17(26)20(26)19(16)23(28)35/h2-7,12,16-17,19-20H,8-11,13H2,1H3,(H2,28,35)(H2,29,30,31,32)/t16-,17+,19-,20+,26?/m0/s1. The number of anilines is 1. The van der Waals surface area contributed by atoms with Crippen LogP contribution in [-0.2, 0) is 11.3 Å². The van der Waals surface area contributed by atoms with Gasteiger partial charge in [-0.25, -0.2) is 9.97 Å². The third-order valence-corrected chi connectivity index (χ3v) is 8.89. The highest BCUT2D eigenvalue weighted by Crippen LogP contribution is 2.76. The van der Waals surface area contributed by atoms with Crippen LogP contribution in [0.2, 0.25) is 5.02 Å². The van der Waals surface area contributed by atoms with E-state index in [2.05, 4.69) is 68.5 Å². The number of hydrogen-bond acceptors (Lipinski definition) is 6. The number of carbonyl (C=O) groups is 1. The fourth-order valence-electron chi connectivity index (χ4n) is 6.67. The first-order valence-corrected chi connectivity index (χ1v) is 12.6. The van der Waals surface area contributed by atoms with E-state index >= 15 is 0 Å². The topological polar surface area (TPSA) is 103 Å². The van der Waals surface area contributed by atoms with E-state index in [9.17, 15) is 4.79 Å². The lowest BCUT2D eigenvalue weighted by atomic mass is 9.68. The van der Waals surface area contributed by atoms with E-state index in [1.165, 1.54) is 5.56 Å². The number of rotatable bonds is 6. The molecule has 0 radical (unpaired) electrons. The van der Waals surface area contributed by atoms with Crippen LogP contribution in [0.15, 0.2) is 42.6 Å². The minimum atomic E-state index is -0.213. The molecule has 8 nitrogen and oxygen atoms in total. The first-order valence-electron chi connectivity index (χ1n) is 12.3. The number of hydrogen-bond donors (Lipinski definition) is 3. The largest absolute Gasteiger partial charge is 0.375 e. The van der Waals surface area contributed by atoms with Crippen molar-refractivity contribution >= 4 is 34.4 Å². The Labute approximate surface area is 208 Å². The summed E-state index contributed by atoms with van der Waals surface area (Å²) < 4.78 is 0. The van der Waals surface area contributed by atoms with Crippen molar-refractivity contribution in [2.75, 3.05) is 38.5 Å². The summed E-state index contributed by atoms with van der Waals surface area (Å²) in [6.45, 7) is 5.40. The van der Waals surface area contributed by atoms with E-state index in [-0.39, 0.29) is 29.2 Å². The maximum absolute atomic E-state index is 11.9. The number of amides is 1. The Morgan fingerprint density at radius 3 is 2.66 bits per heavy atom. The molecule has 1 aliphatic heterocycles. The van der Waals surface area contributed by atoms with Crippen LogP contribution in [0.5, 0.6) is 0 Å². The van der Waals surface area contributed by atoms with E-state index in [4.69, 9.17) is 22.3 Å². The highest BCUT2D eigenvalue weighted by atomic mass is 35.5. The molecular weight excluding hydrogens is 462 g/mol. The molecule has 3 aromatic rings. The van der Waals surface area contributed by atoms with Crippen LogP contribution in [0.3, 0.4) is 0 Å². The van der Waals surface area contributed by atoms with Gasteiger partial charge in [-0.05, 0) is 12.6 Å². The number of aromatic nitrogens is 3. The van der Waals surface area contributed by atoms with Crippen molar-refractivity contribution in [2.24, 2.45) is 29.4 Å². The lowest BCUT2D eigenvalue weighted by Crippen LogP contribution is -2.52. The van der Waals surface area contributed by atoms with Crippen molar-refractivity contribution in [3.63, 3.8) is 0 Å². The molecule has 0 spiro atoms. The first kappa shape index (κ1) is 21.4. The van der Waals surface area contributed by atoms with Crippen LogP contribution in [0.4, 0.5) is 5.69 Å². The highest BCUT2D eigenvalue weighted by Gasteiger charge is 2.83. The smallest absolute Gasteiger partial charge is 0.221 e. The number of primary amides is 1. The molecular formula is C26H28ClN7O. The fraction of sp³-hybridized carbons (Fsp3) is 0.423. The van der Waals surface area contributed by atoms with Crippen LogP contribution in [-0.4, -0.2) is 69.4 Å². The molecule has 1 saturated heterocycles. The quantitative estimate of drug-likeness (QED) is 0.460. The summed E-state index contributed by atoms with van der Waals surface area (Å²) in [5.74, 6) is 1.14. The van der Waals surface area contributed by atoms with Crippen molar-refractivity contribution in [3.8, 4) is 11.4 Å². The second-order valence-corrected chi connectivity index (χ2v) is 10.9. The van der Waals surface area contributed by atoms with Gasteiger partial charge in [-0.3, -0.25) is 9.69 Å². The van der Waals surface area contributed by atoms with Gasteiger partial charge in [0.05, 0.1) is 28.4 Å². The summed E-state index contributed by atoms with van der Waals surface area (Å²) in [5, 5.41) is 4.23. The molecule has 180 valence electrons. The SMILES string of the molecule is CN1CCN(Cc2ccc(-c3nc4ncc(Cl)c(NC56[C@H]7[C@@H](C(N)=O)[C@@H]5C=C[C@H]76)c4[nH]3)cc2)CC1. The minimum absolute atomic E-state index is 0.0877. The van der Waals surface area contributed by atoms with E-state index in [0.29, 0.717) is 16.6 Å². The Balaban J connectivity index is 1.14. The van der Waals surface area contributed by atoms with Crippen LogP contribution >= 0.6 is 11.6 Å². The summed E-state index contributed by atoms with van der Waals surface area (Å²) in [5.41, 5.74) is 10.0. The van der Waals surface area contributed by atoms with Gasteiger partial charge in [-0.1, -0.05) is 48.0 Å². The van der Waals surface area contributed by atoms with Gasteiger partial charge < -0.3 is 20.9 Å². The van der Waals surface area contributed by atoms with Crippen molar-refractivity contribution in [2.45, 2.75) is 12.1 Å². The molecule has 2 aromatic heterocycles. The number of nitrogens with two attached hydrogens (primary N) is 1. The molecule has 4 aliphatic rings. The molecule has 1 unspecified atom stereocenters. The number of piperazine rings is 1. The van der Waals surface area contributed by atoms with Gasteiger partial charge in [-0.2, -0.15) is 0 Å². The highest BCUT2D eigenvalue weighted by molar-refractivity contribution is 6.34. The van der Waals surface area contributed by atoms with Crippen LogP contribution in [0.25, 0.3) is 22.6 Å². The number of H-pyrrole nitrogens is 1. The second-order valence-electron chi connectivity index (χ2n) is 10.5. The normalized spacial score (nSPS) is 31.4. The summed E-state index contributed by atoms with van der Waals surface area (Å²) in [7, 11) is 2.18. The van der Waals surface area contributed by atoms with Gasteiger partial charge in [0.25, 0.3) is 0 Å². The molecule has 3 fully saturated rings. The molecule has 9 heteroatoms. The number of likely N-dealkylation sites (N-methyl/N-ethyl adjacent to an activating group) is 1. The average Bonchev–Trinajstić information content (AvgIpc) is 3.13. The van der Waals surface area contributed by atoms with Gasteiger partial charge in [0.1, 0.15) is 11.3 Å². The molecule has 0 bridgehead atoms. The molecule has 2 saturated carbocycles. The van der Waals surface area contributed by atoms with Gasteiger partial charge in [0, 0.05) is 56.0 Å². The zero-order valence-corrected chi connectivity index (χ0v) is 20.3. The molecule has 5 atom stereocenters. The number of fused-ring (bicyclic) bond motifs is 2. The number of aromatic amines is 1. The molecule has 35 heavy (non-hydrogen) atoms. The predicted molar refractivity (Wildman–Crippen MR) is 136 cm³/mol. The number of imidazole rings is 1. The third-order valence-electron chi connectivity index (χ3n) is 8.61. The minimum Gasteiger partial charge on any atom is -0.375 e. The van der Waals surface area contributed by atoms with Crippen LogP contribution in [0, 0.1) is 23.7 Å². The summed E-state index contributed by atoms with van der Waals surface area (Å²) >= 11 is 6.61. The van der Waals surface area contributed by atoms with E-state index < -0.39 is 0 Å². The zero-order valence-electron chi connectivity index (χ0n) is 19.5. The Morgan fingerprint density at radius 1 is 1.20 bits per heavy atom. The Hall–Kier alpha value is -2.94. The molecule has 1 aromatic carbocycles. The molecule has 3 aliphatic carbocycles. The van der Waals surface area contributed by atoms with Gasteiger partial charge in [0.2, 0.25) is 5.91 Å². The third kappa shape index (κ3) is 3.09. The molecule has 7 rings (SSSR count). The van der Waals surface area contributed by atoms with Crippen molar-refractivity contribution in [3.05, 3.63) is 53.2 Å². The zero-order chi connectivity index (χ0) is 23.9. The lowest BCUT2D eigenvalue weighted by Gasteiger charge is -2.41. The molecule has 4 N–H and O–H groups in total. The Bertz CT molecular complexity index is 1360. The Kier molecular flexibility index (Phi) is 4.59. The second kappa shape index (κ2) is 7.53. The maximum Gasteiger partial charge on any atom is 0.221 e. The number of nitrogens with zero attached hydrogens (tertiary/aromatic N) is 4. The fourth-order valence-corrected chi connectivity index (χ4v) is 6.86. The number of carbonyl (C=O) groups excluding carboxylic acids is 1.